The van der Waals surface area contributed by atoms with E-state index >= 15 is 0 Å². The van der Waals surface area contributed by atoms with E-state index in [1.165, 1.54) is 5.57 Å². The van der Waals surface area contributed by atoms with Gasteiger partial charge in [0.25, 0.3) is 0 Å². The minimum absolute atomic E-state index is 0.747. The van der Waals surface area contributed by atoms with Gasteiger partial charge in [-0.2, -0.15) is 0 Å². The van der Waals surface area contributed by atoms with Crippen molar-refractivity contribution in [1.82, 2.24) is 0 Å². The highest BCUT2D eigenvalue weighted by Crippen LogP contribution is 2.15. The third kappa shape index (κ3) is 8.68. The van der Waals surface area contributed by atoms with Crippen LogP contribution >= 0.6 is 0 Å². The van der Waals surface area contributed by atoms with Crippen molar-refractivity contribution in [2.24, 2.45) is 9.98 Å². The van der Waals surface area contributed by atoms with E-state index in [2.05, 4.69) is 30.1 Å². The molecule has 18 heavy (non-hydrogen) atoms. The summed E-state index contributed by atoms with van der Waals surface area (Å²) in [6.45, 7) is 19.6. The van der Waals surface area contributed by atoms with Crippen molar-refractivity contribution in [3.05, 3.63) is 36.2 Å². The van der Waals surface area contributed by atoms with E-state index in [0.29, 0.717) is 0 Å². The first-order valence-corrected chi connectivity index (χ1v) is 6.71. The molecule has 0 amide bonds. The van der Waals surface area contributed by atoms with E-state index in [9.17, 15) is 0 Å². The van der Waals surface area contributed by atoms with Gasteiger partial charge < -0.3 is 0 Å². The fourth-order valence-corrected chi connectivity index (χ4v) is 1.11. The van der Waals surface area contributed by atoms with Gasteiger partial charge in [-0.1, -0.05) is 46.4 Å². The van der Waals surface area contributed by atoms with Crippen molar-refractivity contribution < 1.29 is 0 Å². The number of hydrogen-bond donors (Lipinski definition) is 0. The lowest BCUT2D eigenvalue weighted by molar-refractivity contribution is 0.973. The molecule has 0 saturated carbocycles. The Bertz CT molecular complexity index is 344. The van der Waals surface area contributed by atoms with Crippen molar-refractivity contribution in [2.75, 3.05) is 0 Å². The maximum absolute atomic E-state index is 4.30. The number of nitrogens with zero attached hydrogens (tertiary/aromatic N) is 2. The molecule has 0 bridgehead atoms. The van der Waals surface area contributed by atoms with Gasteiger partial charge in [0.05, 0.1) is 11.4 Å². The van der Waals surface area contributed by atoms with Crippen LogP contribution in [0.3, 0.4) is 0 Å². The molecule has 0 atom stereocenters. The summed E-state index contributed by atoms with van der Waals surface area (Å²) in [7, 11) is 0. The lowest BCUT2D eigenvalue weighted by Gasteiger charge is -2.09. The van der Waals surface area contributed by atoms with Crippen LogP contribution in [0, 0.1) is 0 Å². The number of rotatable bonds is 3. The monoisotopic (exact) mass is 248 g/mol. The molecular formula is C16H28N2. The summed E-state index contributed by atoms with van der Waals surface area (Å²) in [5.74, 6) is 0. The van der Waals surface area contributed by atoms with Crippen molar-refractivity contribution in [1.29, 1.82) is 0 Å². The molecule has 2 nitrogen and oxygen atoms in total. The number of allylic oxidation sites excluding steroid dienone is 3. The van der Waals surface area contributed by atoms with Crippen LogP contribution in [0.2, 0.25) is 0 Å². The summed E-state index contributed by atoms with van der Waals surface area (Å²) in [6, 6.07) is 0. The molecule has 0 N–H and O–H groups in total. The van der Waals surface area contributed by atoms with E-state index in [1.807, 2.05) is 40.8 Å². The lowest BCUT2D eigenvalue weighted by atomic mass is 10.1. The highest BCUT2D eigenvalue weighted by atomic mass is 14.8. The largest absolute Gasteiger partial charge is 0.259 e. The summed E-state index contributed by atoms with van der Waals surface area (Å²) in [6.07, 6.45) is 5.60. The van der Waals surface area contributed by atoms with Gasteiger partial charge >= 0.3 is 0 Å². The van der Waals surface area contributed by atoms with E-state index in [0.717, 1.165) is 29.8 Å². The first-order chi connectivity index (χ1) is 8.59. The van der Waals surface area contributed by atoms with Crippen molar-refractivity contribution in [3.63, 3.8) is 0 Å². The maximum Gasteiger partial charge on any atom is 0.0772 e. The lowest BCUT2D eigenvalue weighted by Crippen LogP contribution is -2.04. The van der Waals surface area contributed by atoms with Crippen LogP contribution < -0.4 is 0 Å². The zero-order valence-corrected chi connectivity index (χ0v) is 12.9. The van der Waals surface area contributed by atoms with Crippen molar-refractivity contribution in [2.45, 2.75) is 54.4 Å². The minimum atomic E-state index is 0.747. The molecule has 0 spiro atoms. The topological polar surface area (TPSA) is 24.7 Å². The number of aliphatic imine (C=N–C) groups is 2. The Hall–Kier alpha value is -1.44. The standard InChI is InChI=1S/C12H16N2.2C2H6/c1-9(2)7-13-11(4)12-6-5-10(3)8-14-12;2*1-2/h7-8H,1,4-6H2,2-3H3;2*1-2H3. The molecule has 0 unspecified atom stereocenters. The Morgan fingerprint density at radius 1 is 1.22 bits per heavy atom. The van der Waals surface area contributed by atoms with E-state index in [1.54, 1.807) is 6.21 Å². The Morgan fingerprint density at radius 3 is 2.17 bits per heavy atom. The van der Waals surface area contributed by atoms with Gasteiger partial charge in [0.1, 0.15) is 0 Å². The van der Waals surface area contributed by atoms with Crippen LogP contribution in [0.15, 0.2) is 46.2 Å². The molecule has 1 aliphatic heterocycles. The molecule has 1 heterocycles. The van der Waals surface area contributed by atoms with Crippen LogP contribution in [0.25, 0.3) is 0 Å². The second kappa shape index (κ2) is 12.0. The van der Waals surface area contributed by atoms with E-state index < -0.39 is 0 Å². The van der Waals surface area contributed by atoms with Crippen LogP contribution in [-0.2, 0) is 0 Å². The second-order valence-electron chi connectivity index (χ2n) is 3.60. The van der Waals surface area contributed by atoms with E-state index in [-0.39, 0.29) is 0 Å². The Labute approximate surface area is 113 Å². The summed E-state index contributed by atoms with van der Waals surface area (Å²) >= 11 is 0. The zero-order valence-electron chi connectivity index (χ0n) is 12.9. The fraction of sp³-hybridized carbons (Fsp3) is 0.500. The summed E-state index contributed by atoms with van der Waals surface area (Å²) in [5, 5.41) is 0. The molecule has 0 aromatic carbocycles. The molecule has 102 valence electrons. The van der Waals surface area contributed by atoms with Gasteiger partial charge in [-0.15, -0.1) is 0 Å². The van der Waals surface area contributed by atoms with Gasteiger partial charge in [-0.3, -0.25) is 9.98 Å². The minimum Gasteiger partial charge on any atom is -0.259 e. The summed E-state index contributed by atoms with van der Waals surface area (Å²) in [4.78, 5) is 8.49. The summed E-state index contributed by atoms with van der Waals surface area (Å²) in [5.41, 5.74) is 3.96. The van der Waals surface area contributed by atoms with Crippen LogP contribution in [0.4, 0.5) is 0 Å². The molecule has 0 aliphatic carbocycles. The third-order valence-corrected chi connectivity index (χ3v) is 1.97. The predicted octanol–water partition coefficient (Wildman–Crippen LogP) is 5.34. The molecule has 1 aliphatic rings. The quantitative estimate of drug-likeness (QED) is 0.602. The Morgan fingerprint density at radius 2 is 1.78 bits per heavy atom. The van der Waals surface area contributed by atoms with Gasteiger partial charge in [0.15, 0.2) is 0 Å². The van der Waals surface area contributed by atoms with E-state index in [4.69, 9.17) is 0 Å². The smallest absolute Gasteiger partial charge is 0.0772 e. The second-order valence-corrected chi connectivity index (χ2v) is 3.60. The predicted molar refractivity (Wildman–Crippen MR) is 85.6 cm³/mol. The molecule has 0 aromatic rings. The van der Waals surface area contributed by atoms with Crippen LogP contribution in [-0.4, -0.2) is 11.9 Å². The summed E-state index contributed by atoms with van der Waals surface area (Å²) < 4.78 is 0. The van der Waals surface area contributed by atoms with Gasteiger partial charge in [0, 0.05) is 12.4 Å². The van der Waals surface area contributed by atoms with Gasteiger partial charge in [-0.05, 0) is 32.3 Å². The highest BCUT2D eigenvalue weighted by Gasteiger charge is 2.07. The normalized spacial score (nSPS) is 13.4. The van der Waals surface area contributed by atoms with Crippen molar-refractivity contribution in [3.8, 4) is 0 Å². The first-order valence-electron chi connectivity index (χ1n) is 6.71. The molecule has 0 fully saturated rings. The molecule has 2 heteroatoms. The van der Waals surface area contributed by atoms with Crippen LogP contribution in [0.1, 0.15) is 54.4 Å². The molecule has 1 rings (SSSR count). The van der Waals surface area contributed by atoms with Gasteiger partial charge in [-0.25, -0.2) is 0 Å². The molecule has 0 saturated heterocycles. The fourth-order valence-electron chi connectivity index (χ4n) is 1.11. The molecule has 0 radical (unpaired) electrons. The SMILES string of the molecule is C=C(C)C=NC(=C)C1=NC=C(C)CC1.CC.CC. The van der Waals surface area contributed by atoms with Crippen molar-refractivity contribution >= 4 is 11.9 Å². The number of hydrogen-bond acceptors (Lipinski definition) is 2. The zero-order chi connectivity index (χ0) is 14.6. The molecule has 0 aromatic heterocycles. The molecular weight excluding hydrogens is 220 g/mol. The Kier molecular flexibility index (Phi) is 12.6. The highest BCUT2D eigenvalue weighted by molar-refractivity contribution is 6.01. The first kappa shape index (κ1) is 18.9. The average Bonchev–Trinajstić information content (AvgIpc) is 2.41. The third-order valence-electron chi connectivity index (χ3n) is 1.97. The van der Waals surface area contributed by atoms with Gasteiger partial charge in [0.2, 0.25) is 0 Å². The average molecular weight is 248 g/mol. The van der Waals surface area contributed by atoms with Crippen LogP contribution in [0.5, 0.6) is 0 Å². The Balaban J connectivity index is 0. The maximum atomic E-state index is 4.30.